The van der Waals surface area contributed by atoms with E-state index < -0.39 is 0 Å². The van der Waals surface area contributed by atoms with E-state index in [1.165, 1.54) is 12.1 Å². The highest BCUT2D eigenvalue weighted by Crippen LogP contribution is 2.32. The Kier molecular flexibility index (Phi) is 7.33. The maximum atomic E-state index is 13.3. The van der Waals surface area contributed by atoms with Gasteiger partial charge in [-0.3, -0.25) is 0 Å². The lowest BCUT2D eigenvalue weighted by Gasteiger charge is -2.16. The first kappa shape index (κ1) is 21.0. The molecule has 0 aromatic heterocycles. The van der Waals surface area contributed by atoms with E-state index >= 15 is 0 Å². The van der Waals surface area contributed by atoms with Gasteiger partial charge in [-0.15, -0.1) is 0 Å². The molecule has 0 amide bonds. The molecule has 1 N–H and O–H groups in total. The lowest BCUT2D eigenvalue weighted by atomic mass is 10.1. The molecule has 0 aliphatic carbocycles. The largest absolute Gasteiger partial charge is 0.497 e. The predicted octanol–water partition coefficient (Wildman–Crippen LogP) is 5.37. The number of methoxy groups -OCH3 is 2. The zero-order valence-electron chi connectivity index (χ0n) is 16.4. The van der Waals surface area contributed by atoms with Gasteiger partial charge in [0.1, 0.15) is 18.2 Å². The molecule has 0 atom stereocenters. The Labute approximate surface area is 175 Å². The number of para-hydroxylation sites is 1. The van der Waals surface area contributed by atoms with Gasteiger partial charge in [-0.05, 0) is 35.9 Å². The standard InChI is InChI=1S/C23H23ClFNO3/c1-27-20-10-6-16(7-11-20)13-26-14-17-4-3-5-22(28-2)23(17)29-15-18-8-9-19(25)12-21(18)24/h3-12,26H,13-15H2,1-2H3. The Morgan fingerprint density at radius 2 is 1.69 bits per heavy atom. The molecular weight excluding hydrogens is 393 g/mol. The van der Waals surface area contributed by atoms with Crippen LogP contribution in [0, 0.1) is 5.82 Å². The molecule has 29 heavy (non-hydrogen) atoms. The third-order valence-corrected chi connectivity index (χ3v) is 4.82. The highest BCUT2D eigenvalue weighted by atomic mass is 35.5. The van der Waals surface area contributed by atoms with E-state index in [1.54, 1.807) is 20.3 Å². The summed E-state index contributed by atoms with van der Waals surface area (Å²) in [6, 6.07) is 17.9. The Morgan fingerprint density at radius 3 is 2.38 bits per heavy atom. The molecule has 6 heteroatoms. The van der Waals surface area contributed by atoms with Crippen molar-refractivity contribution in [2.24, 2.45) is 0 Å². The molecule has 0 unspecified atom stereocenters. The van der Waals surface area contributed by atoms with Crippen LogP contribution in [-0.4, -0.2) is 14.2 Å². The summed E-state index contributed by atoms with van der Waals surface area (Å²) in [6.45, 7) is 1.51. The third-order valence-electron chi connectivity index (χ3n) is 4.47. The minimum Gasteiger partial charge on any atom is -0.497 e. The van der Waals surface area contributed by atoms with Gasteiger partial charge in [0.15, 0.2) is 11.5 Å². The Balaban J connectivity index is 1.68. The Morgan fingerprint density at radius 1 is 0.897 bits per heavy atom. The fourth-order valence-electron chi connectivity index (χ4n) is 2.90. The van der Waals surface area contributed by atoms with Gasteiger partial charge in [0.25, 0.3) is 0 Å². The van der Waals surface area contributed by atoms with Crippen molar-refractivity contribution in [2.75, 3.05) is 14.2 Å². The van der Waals surface area contributed by atoms with Gasteiger partial charge in [-0.2, -0.15) is 0 Å². The van der Waals surface area contributed by atoms with Crippen LogP contribution in [0.4, 0.5) is 4.39 Å². The van der Waals surface area contributed by atoms with Crippen molar-refractivity contribution >= 4 is 11.6 Å². The van der Waals surface area contributed by atoms with Gasteiger partial charge in [-0.1, -0.05) is 41.9 Å². The molecule has 0 radical (unpaired) electrons. The third kappa shape index (κ3) is 5.62. The maximum Gasteiger partial charge on any atom is 0.166 e. The first-order valence-corrected chi connectivity index (χ1v) is 9.54. The molecule has 4 nitrogen and oxygen atoms in total. The molecule has 0 spiro atoms. The highest BCUT2D eigenvalue weighted by Gasteiger charge is 2.12. The molecule has 0 aliphatic heterocycles. The number of hydrogen-bond donors (Lipinski definition) is 1. The molecule has 0 bridgehead atoms. The van der Waals surface area contributed by atoms with E-state index in [-0.39, 0.29) is 12.4 Å². The molecule has 0 saturated carbocycles. The second-order valence-electron chi connectivity index (χ2n) is 6.42. The zero-order valence-corrected chi connectivity index (χ0v) is 17.1. The van der Waals surface area contributed by atoms with Crippen LogP contribution in [0.1, 0.15) is 16.7 Å². The smallest absolute Gasteiger partial charge is 0.166 e. The summed E-state index contributed by atoms with van der Waals surface area (Å²) in [4.78, 5) is 0. The molecular formula is C23H23ClFNO3. The minimum absolute atomic E-state index is 0.213. The van der Waals surface area contributed by atoms with Crippen LogP contribution in [0.3, 0.4) is 0 Å². The van der Waals surface area contributed by atoms with Crippen LogP contribution in [0.25, 0.3) is 0 Å². The number of hydrogen-bond acceptors (Lipinski definition) is 4. The molecule has 0 heterocycles. The van der Waals surface area contributed by atoms with Gasteiger partial charge >= 0.3 is 0 Å². The fraction of sp³-hybridized carbons (Fsp3) is 0.217. The Bertz CT molecular complexity index is 947. The van der Waals surface area contributed by atoms with Gasteiger partial charge in [0.05, 0.1) is 19.2 Å². The van der Waals surface area contributed by atoms with Crippen molar-refractivity contribution in [1.29, 1.82) is 0 Å². The van der Waals surface area contributed by atoms with Crippen LogP contribution in [0.5, 0.6) is 17.2 Å². The normalized spacial score (nSPS) is 10.6. The molecule has 3 aromatic carbocycles. The molecule has 0 saturated heterocycles. The van der Waals surface area contributed by atoms with Crippen molar-refractivity contribution in [2.45, 2.75) is 19.7 Å². The van der Waals surface area contributed by atoms with Crippen LogP contribution in [0.2, 0.25) is 5.02 Å². The van der Waals surface area contributed by atoms with Crippen molar-refractivity contribution in [3.63, 3.8) is 0 Å². The molecule has 3 rings (SSSR count). The Hall–Kier alpha value is -2.76. The summed E-state index contributed by atoms with van der Waals surface area (Å²) in [6.07, 6.45) is 0. The monoisotopic (exact) mass is 415 g/mol. The summed E-state index contributed by atoms with van der Waals surface area (Å²) in [5.74, 6) is 1.72. The summed E-state index contributed by atoms with van der Waals surface area (Å²) in [5.41, 5.74) is 2.81. The van der Waals surface area contributed by atoms with Crippen LogP contribution >= 0.6 is 11.6 Å². The second-order valence-corrected chi connectivity index (χ2v) is 6.83. The molecule has 0 fully saturated rings. The topological polar surface area (TPSA) is 39.7 Å². The van der Waals surface area contributed by atoms with Crippen molar-refractivity contribution in [3.05, 3.63) is 88.2 Å². The van der Waals surface area contributed by atoms with Crippen LogP contribution in [-0.2, 0) is 19.7 Å². The molecule has 3 aromatic rings. The minimum atomic E-state index is -0.375. The average molecular weight is 416 g/mol. The lowest BCUT2D eigenvalue weighted by molar-refractivity contribution is 0.280. The highest BCUT2D eigenvalue weighted by molar-refractivity contribution is 6.31. The SMILES string of the molecule is COc1ccc(CNCc2cccc(OC)c2OCc2ccc(F)cc2Cl)cc1. The van der Waals surface area contributed by atoms with E-state index in [0.717, 1.165) is 16.9 Å². The molecule has 0 aliphatic rings. The summed E-state index contributed by atoms with van der Waals surface area (Å²) < 4.78 is 29.9. The van der Waals surface area contributed by atoms with E-state index in [1.807, 2.05) is 42.5 Å². The first-order chi connectivity index (χ1) is 14.1. The van der Waals surface area contributed by atoms with Gasteiger partial charge < -0.3 is 19.5 Å². The number of rotatable bonds is 9. The number of benzene rings is 3. The molecule has 152 valence electrons. The number of ether oxygens (including phenoxy) is 3. The average Bonchev–Trinajstić information content (AvgIpc) is 2.74. The van der Waals surface area contributed by atoms with E-state index in [4.69, 9.17) is 25.8 Å². The number of nitrogens with one attached hydrogen (secondary N) is 1. The van der Waals surface area contributed by atoms with Crippen LogP contribution in [0.15, 0.2) is 60.7 Å². The van der Waals surface area contributed by atoms with E-state index in [0.29, 0.717) is 35.2 Å². The quantitative estimate of drug-likeness (QED) is 0.510. The van der Waals surface area contributed by atoms with Crippen LogP contribution < -0.4 is 19.5 Å². The van der Waals surface area contributed by atoms with E-state index in [2.05, 4.69) is 5.32 Å². The van der Waals surface area contributed by atoms with Crippen molar-refractivity contribution in [3.8, 4) is 17.2 Å². The zero-order chi connectivity index (χ0) is 20.6. The fourth-order valence-corrected chi connectivity index (χ4v) is 3.12. The van der Waals surface area contributed by atoms with Crippen molar-refractivity contribution in [1.82, 2.24) is 5.32 Å². The predicted molar refractivity (Wildman–Crippen MR) is 112 cm³/mol. The summed E-state index contributed by atoms with van der Waals surface area (Å²) in [5, 5.41) is 3.74. The maximum absolute atomic E-state index is 13.3. The summed E-state index contributed by atoms with van der Waals surface area (Å²) >= 11 is 6.11. The first-order valence-electron chi connectivity index (χ1n) is 9.17. The van der Waals surface area contributed by atoms with Gasteiger partial charge in [0.2, 0.25) is 0 Å². The lowest BCUT2D eigenvalue weighted by Crippen LogP contribution is -2.14. The second kappa shape index (κ2) is 10.1. The van der Waals surface area contributed by atoms with Gasteiger partial charge in [-0.25, -0.2) is 4.39 Å². The summed E-state index contributed by atoms with van der Waals surface area (Å²) in [7, 11) is 3.25. The number of halogens is 2. The van der Waals surface area contributed by atoms with Gasteiger partial charge in [0, 0.05) is 24.2 Å². The van der Waals surface area contributed by atoms with Crippen molar-refractivity contribution < 1.29 is 18.6 Å². The van der Waals surface area contributed by atoms with E-state index in [9.17, 15) is 4.39 Å².